The van der Waals surface area contributed by atoms with Crippen molar-refractivity contribution in [2.24, 2.45) is 5.92 Å². The number of nitrogens with zero attached hydrogens (tertiary/aromatic N) is 1. The Kier molecular flexibility index (Phi) is 7.50. The van der Waals surface area contributed by atoms with Gasteiger partial charge in [0.05, 0.1) is 30.4 Å². The van der Waals surface area contributed by atoms with Gasteiger partial charge >= 0.3 is 5.97 Å². The number of hydrogen-bond acceptors (Lipinski definition) is 3. The molecular formula is C9H11Cl4NO2. The van der Waals surface area contributed by atoms with Crippen molar-refractivity contribution >= 4 is 52.4 Å². The Balaban J connectivity index is 4.29. The minimum atomic E-state index is -1.53. The van der Waals surface area contributed by atoms with Crippen LogP contribution in [0.3, 0.4) is 0 Å². The van der Waals surface area contributed by atoms with Crippen molar-refractivity contribution in [1.29, 1.82) is 5.26 Å². The summed E-state index contributed by atoms with van der Waals surface area (Å²) in [4.78, 5) is 11.2. The molecule has 7 heteroatoms. The molecule has 2 atom stereocenters. The first-order valence-corrected chi connectivity index (χ1v) is 6.13. The van der Waals surface area contributed by atoms with Crippen molar-refractivity contribution in [2.75, 3.05) is 6.61 Å². The number of nitriles is 1. The van der Waals surface area contributed by atoms with Gasteiger partial charge in [-0.25, -0.2) is 0 Å². The molecular weight excluding hydrogens is 296 g/mol. The van der Waals surface area contributed by atoms with Crippen LogP contribution in [0.4, 0.5) is 0 Å². The van der Waals surface area contributed by atoms with Crippen LogP contribution in [0.15, 0.2) is 0 Å². The van der Waals surface area contributed by atoms with E-state index in [1.807, 2.05) is 6.07 Å². The minimum absolute atomic E-state index is 0.00312. The molecule has 0 radical (unpaired) electrons. The van der Waals surface area contributed by atoms with Gasteiger partial charge in [-0.1, -0.05) is 34.8 Å². The van der Waals surface area contributed by atoms with Gasteiger partial charge in [0.25, 0.3) is 0 Å². The lowest BCUT2D eigenvalue weighted by atomic mass is 10.0. The van der Waals surface area contributed by atoms with Gasteiger partial charge in [0.1, 0.15) is 0 Å². The van der Waals surface area contributed by atoms with E-state index in [1.165, 1.54) is 0 Å². The second-order valence-corrected chi connectivity index (χ2v) is 6.16. The highest BCUT2D eigenvalue weighted by Gasteiger charge is 2.31. The summed E-state index contributed by atoms with van der Waals surface area (Å²) < 4.78 is 3.18. The van der Waals surface area contributed by atoms with E-state index >= 15 is 0 Å². The number of alkyl halides is 4. The fraction of sp³-hybridized carbons (Fsp3) is 0.778. The van der Waals surface area contributed by atoms with Crippen LogP contribution in [0.25, 0.3) is 0 Å². The predicted molar refractivity (Wildman–Crippen MR) is 64.9 cm³/mol. The van der Waals surface area contributed by atoms with Gasteiger partial charge < -0.3 is 4.74 Å². The van der Waals surface area contributed by atoms with Crippen molar-refractivity contribution in [3.63, 3.8) is 0 Å². The third kappa shape index (κ3) is 7.40. The fourth-order valence-corrected chi connectivity index (χ4v) is 2.13. The van der Waals surface area contributed by atoms with Crippen LogP contribution in [0.1, 0.15) is 19.8 Å². The van der Waals surface area contributed by atoms with E-state index in [0.29, 0.717) is 0 Å². The van der Waals surface area contributed by atoms with Gasteiger partial charge in [-0.05, 0) is 6.92 Å². The van der Waals surface area contributed by atoms with Crippen LogP contribution in [0, 0.1) is 17.2 Å². The molecule has 0 aliphatic heterocycles. The number of carbonyl (C=O) groups excluding carboxylic acids is 1. The lowest BCUT2D eigenvalue weighted by molar-refractivity contribution is -0.143. The van der Waals surface area contributed by atoms with Crippen LogP contribution in [0.5, 0.6) is 0 Å². The van der Waals surface area contributed by atoms with E-state index in [-0.39, 0.29) is 19.4 Å². The fourth-order valence-electron chi connectivity index (χ4n) is 1.02. The van der Waals surface area contributed by atoms with Gasteiger partial charge in [-0.15, -0.1) is 11.6 Å². The zero-order valence-corrected chi connectivity index (χ0v) is 11.6. The molecule has 0 saturated heterocycles. The maximum atomic E-state index is 11.2. The highest BCUT2D eigenvalue weighted by molar-refractivity contribution is 6.67. The van der Waals surface area contributed by atoms with E-state index in [0.717, 1.165) is 0 Å². The lowest BCUT2D eigenvalue weighted by Crippen LogP contribution is -2.23. The lowest BCUT2D eigenvalue weighted by Gasteiger charge is -2.19. The molecule has 3 nitrogen and oxygen atoms in total. The number of hydrogen-bond donors (Lipinski definition) is 0. The Morgan fingerprint density at radius 1 is 1.50 bits per heavy atom. The van der Waals surface area contributed by atoms with Crippen LogP contribution in [0.2, 0.25) is 0 Å². The smallest absolute Gasteiger partial charge is 0.307 e. The summed E-state index contributed by atoms with van der Waals surface area (Å²) in [7, 11) is 0. The zero-order chi connectivity index (χ0) is 12.8. The topological polar surface area (TPSA) is 50.1 Å². The van der Waals surface area contributed by atoms with Crippen LogP contribution in [-0.2, 0) is 9.53 Å². The van der Waals surface area contributed by atoms with Gasteiger partial charge in [0, 0.05) is 6.42 Å². The summed E-state index contributed by atoms with van der Waals surface area (Å²) in [6.45, 7) is 1.94. The summed E-state index contributed by atoms with van der Waals surface area (Å²) in [5.74, 6) is -1.21. The molecule has 0 amide bonds. The third-order valence-corrected chi connectivity index (χ3v) is 2.64. The zero-order valence-electron chi connectivity index (χ0n) is 8.55. The largest absolute Gasteiger partial charge is 0.466 e. The highest BCUT2D eigenvalue weighted by atomic mass is 35.6. The summed E-state index contributed by atoms with van der Waals surface area (Å²) in [5.41, 5.74) is 0. The van der Waals surface area contributed by atoms with Crippen LogP contribution in [-0.4, -0.2) is 21.7 Å². The number of halogens is 4. The molecule has 0 spiro atoms. The van der Waals surface area contributed by atoms with Crippen molar-refractivity contribution in [3.05, 3.63) is 0 Å². The molecule has 0 aliphatic carbocycles. The van der Waals surface area contributed by atoms with Gasteiger partial charge in [-0.2, -0.15) is 5.26 Å². The van der Waals surface area contributed by atoms with Crippen molar-refractivity contribution < 1.29 is 9.53 Å². The molecule has 0 aromatic rings. The van der Waals surface area contributed by atoms with Gasteiger partial charge in [0.2, 0.25) is 0 Å². The molecule has 0 aromatic carbocycles. The minimum Gasteiger partial charge on any atom is -0.466 e. The molecule has 92 valence electrons. The molecule has 0 saturated carbocycles. The number of rotatable bonds is 5. The molecule has 16 heavy (non-hydrogen) atoms. The second kappa shape index (κ2) is 7.45. The molecule has 0 N–H and O–H groups in total. The molecule has 0 heterocycles. The van der Waals surface area contributed by atoms with Crippen molar-refractivity contribution in [2.45, 2.75) is 28.9 Å². The number of carbonyl (C=O) groups is 1. The van der Waals surface area contributed by atoms with E-state index in [2.05, 4.69) is 0 Å². The second-order valence-electron chi connectivity index (χ2n) is 3.08. The van der Waals surface area contributed by atoms with Crippen LogP contribution < -0.4 is 0 Å². The molecule has 0 bridgehead atoms. The Labute approximate surface area is 115 Å². The quantitative estimate of drug-likeness (QED) is 0.577. The Hall–Kier alpha value is 0.120. The predicted octanol–water partition coefficient (Wildman–Crippen LogP) is 3.45. The number of ether oxygens (including phenoxy) is 1. The Morgan fingerprint density at radius 3 is 2.44 bits per heavy atom. The normalized spacial score (nSPS) is 15.0. The maximum absolute atomic E-state index is 11.2. The standard InChI is InChI=1S/C9H11Cl4NO2/c1-2-16-8(15)3-6(5-14)7(10)4-9(11,12)13/h6-7H,2-4H2,1H3. The van der Waals surface area contributed by atoms with Crippen molar-refractivity contribution in [3.8, 4) is 6.07 Å². The van der Waals surface area contributed by atoms with E-state index < -0.39 is 21.1 Å². The molecule has 0 aliphatic rings. The first kappa shape index (κ1) is 16.1. The number of esters is 1. The summed E-state index contributed by atoms with van der Waals surface area (Å²) in [6.07, 6.45) is -0.101. The monoisotopic (exact) mass is 305 g/mol. The van der Waals surface area contributed by atoms with E-state index in [4.69, 9.17) is 56.4 Å². The highest BCUT2D eigenvalue weighted by Crippen LogP contribution is 2.35. The van der Waals surface area contributed by atoms with Crippen molar-refractivity contribution in [1.82, 2.24) is 0 Å². The third-order valence-electron chi connectivity index (χ3n) is 1.72. The first-order valence-electron chi connectivity index (χ1n) is 4.56. The van der Waals surface area contributed by atoms with Crippen LogP contribution >= 0.6 is 46.4 Å². The SMILES string of the molecule is CCOC(=O)CC(C#N)C(Cl)CC(Cl)(Cl)Cl. The van der Waals surface area contributed by atoms with Gasteiger partial charge in [-0.3, -0.25) is 4.79 Å². The van der Waals surface area contributed by atoms with E-state index in [9.17, 15) is 4.79 Å². The first-order chi connectivity index (χ1) is 7.30. The summed E-state index contributed by atoms with van der Waals surface area (Å²) in [5, 5.41) is 8.13. The molecule has 0 aromatic heterocycles. The molecule has 2 unspecified atom stereocenters. The van der Waals surface area contributed by atoms with E-state index in [1.54, 1.807) is 6.92 Å². The average molecular weight is 307 g/mol. The summed E-state index contributed by atoms with van der Waals surface area (Å²) >= 11 is 22.5. The Bertz CT molecular complexity index is 272. The molecule has 0 fully saturated rings. The van der Waals surface area contributed by atoms with Gasteiger partial charge in [0.15, 0.2) is 3.79 Å². The Morgan fingerprint density at radius 2 is 2.06 bits per heavy atom. The average Bonchev–Trinajstić information content (AvgIpc) is 2.11. The molecule has 0 rings (SSSR count). The maximum Gasteiger partial charge on any atom is 0.307 e. The summed E-state index contributed by atoms with van der Waals surface area (Å²) in [6, 6.07) is 1.91.